The number of likely N-dealkylation sites (N-methyl/N-ethyl adjacent to an activating group) is 1. The Morgan fingerprint density at radius 2 is 2.16 bits per heavy atom. The summed E-state index contributed by atoms with van der Waals surface area (Å²) in [6, 6.07) is 13.4. The van der Waals surface area contributed by atoms with Crippen molar-refractivity contribution in [1.29, 1.82) is 0 Å². The van der Waals surface area contributed by atoms with E-state index < -0.39 is 0 Å². The van der Waals surface area contributed by atoms with Crippen molar-refractivity contribution >= 4 is 34.7 Å². The van der Waals surface area contributed by atoms with Gasteiger partial charge in [-0.2, -0.15) is 0 Å². The Hall–Kier alpha value is -0.480. The quantitative estimate of drug-likeness (QED) is 0.906. The number of fused-ring (bicyclic) bond motifs is 1. The van der Waals surface area contributed by atoms with E-state index in [0.717, 1.165) is 17.2 Å². The van der Waals surface area contributed by atoms with Gasteiger partial charge in [0, 0.05) is 21.1 Å². The Morgan fingerprint density at radius 3 is 2.84 bits per heavy atom. The molecule has 0 fully saturated rings. The van der Waals surface area contributed by atoms with Gasteiger partial charge in [0.05, 0.1) is 4.34 Å². The number of hydrogen-bond acceptors (Lipinski definition) is 3. The van der Waals surface area contributed by atoms with Crippen LogP contribution in [0.5, 0.6) is 0 Å². The molecular weight excluding hydrogens is 294 g/mol. The van der Waals surface area contributed by atoms with Crippen LogP contribution < -0.4 is 5.32 Å². The summed E-state index contributed by atoms with van der Waals surface area (Å²) in [5.74, 6) is 0. The third-order valence-electron chi connectivity index (χ3n) is 3.54. The zero-order chi connectivity index (χ0) is 13.2. The van der Waals surface area contributed by atoms with Crippen LogP contribution in [0.2, 0.25) is 4.34 Å². The minimum Gasteiger partial charge on any atom is -0.316 e. The molecule has 0 bridgehead atoms. The molecule has 2 heterocycles. The molecule has 100 valence electrons. The first-order chi connectivity index (χ1) is 9.26. The zero-order valence-corrected chi connectivity index (χ0v) is 13.1. The lowest BCUT2D eigenvalue weighted by atomic mass is 10.0. The van der Waals surface area contributed by atoms with Gasteiger partial charge in [-0.15, -0.1) is 23.1 Å². The molecule has 0 saturated carbocycles. The Labute approximate surface area is 127 Å². The van der Waals surface area contributed by atoms with Gasteiger partial charge in [-0.05, 0) is 43.7 Å². The fraction of sp³-hybridized carbons (Fsp3) is 0.333. The van der Waals surface area contributed by atoms with E-state index in [4.69, 9.17) is 11.6 Å². The highest BCUT2D eigenvalue weighted by Gasteiger charge is 2.28. The van der Waals surface area contributed by atoms with Crippen LogP contribution in [0.3, 0.4) is 0 Å². The normalized spacial score (nSPS) is 19.4. The number of thiophene rings is 1. The Balaban J connectivity index is 1.71. The second-order valence-corrected chi connectivity index (χ2v) is 7.85. The smallest absolute Gasteiger partial charge is 0.0931 e. The number of thioether (sulfide) groups is 1. The third-order valence-corrected chi connectivity index (χ3v) is 6.25. The van der Waals surface area contributed by atoms with Crippen molar-refractivity contribution in [1.82, 2.24) is 5.32 Å². The maximum absolute atomic E-state index is 6.01. The molecule has 1 aromatic carbocycles. The predicted octanol–water partition coefficient (Wildman–Crippen LogP) is 4.25. The molecular formula is C15H16ClNS2. The molecule has 0 radical (unpaired) electrons. The molecule has 1 N–H and O–H groups in total. The molecule has 0 saturated heterocycles. The summed E-state index contributed by atoms with van der Waals surface area (Å²) in [6.07, 6.45) is 2.21. The first kappa shape index (κ1) is 13.5. The van der Waals surface area contributed by atoms with E-state index in [1.54, 1.807) is 11.3 Å². The zero-order valence-electron chi connectivity index (χ0n) is 10.7. The minimum atomic E-state index is 0.493. The largest absolute Gasteiger partial charge is 0.316 e. The van der Waals surface area contributed by atoms with Crippen LogP contribution in [0.1, 0.15) is 10.4 Å². The monoisotopic (exact) mass is 309 g/mol. The summed E-state index contributed by atoms with van der Waals surface area (Å²) in [5, 5.41) is 4.09. The van der Waals surface area contributed by atoms with Crippen molar-refractivity contribution in [2.45, 2.75) is 29.0 Å². The van der Waals surface area contributed by atoms with Crippen molar-refractivity contribution in [3.63, 3.8) is 0 Å². The lowest BCUT2D eigenvalue weighted by Crippen LogP contribution is -2.37. The second-order valence-electron chi connectivity index (χ2n) is 4.77. The molecule has 1 aliphatic heterocycles. The van der Waals surface area contributed by atoms with Gasteiger partial charge in [-0.25, -0.2) is 0 Å². The lowest BCUT2D eigenvalue weighted by Gasteiger charge is -2.21. The van der Waals surface area contributed by atoms with Gasteiger partial charge in [-0.1, -0.05) is 29.8 Å². The molecule has 1 aromatic heterocycles. The van der Waals surface area contributed by atoms with Gasteiger partial charge in [-0.3, -0.25) is 0 Å². The number of rotatable bonds is 4. The van der Waals surface area contributed by atoms with E-state index in [1.165, 1.54) is 15.3 Å². The standard InChI is InChI=1S/C15H16ClNS2/c1-17-12(9-11-6-7-15(16)18-11)14-8-10-4-2-3-5-13(10)19-14/h2-7,12,14,17H,8-9H2,1H3. The molecule has 1 aliphatic rings. The molecule has 2 aromatic rings. The summed E-state index contributed by atoms with van der Waals surface area (Å²) >= 11 is 9.71. The summed E-state index contributed by atoms with van der Waals surface area (Å²) in [6.45, 7) is 0. The summed E-state index contributed by atoms with van der Waals surface area (Å²) in [5.41, 5.74) is 1.49. The highest BCUT2D eigenvalue weighted by Crippen LogP contribution is 2.39. The number of hydrogen-bond donors (Lipinski definition) is 1. The highest BCUT2D eigenvalue weighted by atomic mass is 35.5. The first-order valence-corrected chi connectivity index (χ1v) is 8.49. The summed E-state index contributed by atoms with van der Waals surface area (Å²) in [4.78, 5) is 2.80. The molecule has 0 amide bonds. The van der Waals surface area contributed by atoms with E-state index in [2.05, 4.69) is 42.7 Å². The number of halogens is 1. The van der Waals surface area contributed by atoms with Crippen molar-refractivity contribution in [3.8, 4) is 0 Å². The molecule has 3 rings (SSSR count). The van der Waals surface area contributed by atoms with Gasteiger partial charge < -0.3 is 5.32 Å². The molecule has 0 spiro atoms. The number of benzene rings is 1. The van der Waals surface area contributed by atoms with Crippen molar-refractivity contribution < 1.29 is 0 Å². The molecule has 2 atom stereocenters. The predicted molar refractivity (Wildman–Crippen MR) is 85.7 cm³/mol. The molecule has 1 nitrogen and oxygen atoms in total. The average Bonchev–Trinajstić information content (AvgIpc) is 3.01. The molecule has 2 unspecified atom stereocenters. The van der Waals surface area contributed by atoms with Crippen LogP contribution in [0.25, 0.3) is 0 Å². The van der Waals surface area contributed by atoms with E-state index in [1.807, 2.05) is 17.8 Å². The Kier molecular flexibility index (Phi) is 4.18. The van der Waals surface area contributed by atoms with Crippen molar-refractivity contribution in [2.24, 2.45) is 0 Å². The molecule has 19 heavy (non-hydrogen) atoms. The minimum absolute atomic E-state index is 0.493. The Morgan fingerprint density at radius 1 is 1.32 bits per heavy atom. The fourth-order valence-electron chi connectivity index (χ4n) is 2.53. The second kappa shape index (κ2) is 5.88. The topological polar surface area (TPSA) is 12.0 Å². The van der Waals surface area contributed by atoms with Gasteiger partial charge in [0.25, 0.3) is 0 Å². The maximum atomic E-state index is 6.01. The van der Waals surface area contributed by atoms with Crippen LogP contribution in [0.15, 0.2) is 41.3 Å². The van der Waals surface area contributed by atoms with Gasteiger partial charge in [0.2, 0.25) is 0 Å². The lowest BCUT2D eigenvalue weighted by molar-refractivity contribution is 0.540. The van der Waals surface area contributed by atoms with Gasteiger partial charge in [0.15, 0.2) is 0 Å². The van der Waals surface area contributed by atoms with E-state index >= 15 is 0 Å². The summed E-state index contributed by atoms with van der Waals surface area (Å²) in [7, 11) is 2.06. The molecule has 4 heteroatoms. The van der Waals surface area contributed by atoms with Gasteiger partial charge >= 0.3 is 0 Å². The SMILES string of the molecule is CNC(Cc1ccc(Cl)s1)C1Cc2ccccc2S1. The van der Waals surface area contributed by atoms with Crippen molar-refractivity contribution in [2.75, 3.05) is 7.05 Å². The average molecular weight is 310 g/mol. The fourth-order valence-corrected chi connectivity index (χ4v) is 5.12. The number of nitrogens with one attached hydrogen (secondary N) is 1. The van der Waals surface area contributed by atoms with Crippen LogP contribution in [0, 0.1) is 0 Å². The van der Waals surface area contributed by atoms with Crippen LogP contribution in [-0.2, 0) is 12.8 Å². The van der Waals surface area contributed by atoms with E-state index in [-0.39, 0.29) is 0 Å². The molecule has 0 aliphatic carbocycles. The maximum Gasteiger partial charge on any atom is 0.0931 e. The highest BCUT2D eigenvalue weighted by molar-refractivity contribution is 8.00. The first-order valence-electron chi connectivity index (χ1n) is 6.42. The van der Waals surface area contributed by atoms with Crippen LogP contribution in [-0.4, -0.2) is 18.3 Å². The third kappa shape index (κ3) is 3.00. The van der Waals surface area contributed by atoms with Gasteiger partial charge in [0.1, 0.15) is 0 Å². The summed E-state index contributed by atoms with van der Waals surface area (Å²) < 4.78 is 0.882. The Bertz CT molecular complexity index is 542. The van der Waals surface area contributed by atoms with Crippen molar-refractivity contribution in [3.05, 3.63) is 51.2 Å². The van der Waals surface area contributed by atoms with Crippen LogP contribution >= 0.6 is 34.7 Å². The van der Waals surface area contributed by atoms with Crippen LogP contribution in [0.4, 0.5) is 0 Å². The van der Waals surface area contributed by atoms with E-state index in [9.17, 15) is 0 Å². The van der Waals surface area contributed by atoms with E-state index in [0.29, 0.717) is 11.3 Å².